The van der Waals surface area contributed by atoms with Gasteiger partial charge in [-0.15, -0.1) is 0 Å². The van der Waals surface area contributed by atoms with Crippen molar-refractivity contribution >= 4 is 29.5 Å². The van der Waals surface area contributed by atoms with Gasteiger partial charge in [-0.3, -0.25) is 9.59 Å². The number of aromatic nitrogens is 1. The van der Waals surface area contributed by atoms with Crippen LogP contribution in [0.3, 0.4) is 0 Å². The summed E-state index contributed by atoms with van der Waals surface area (Å²) >= 11 is 0. The van der Waals surface area contributed by atoms with Gasteiger partial charge in [-0.1, -0.05) is 19.1 Å². The molecule has 3 rings (SSSR count). The second-order valence-electron chi connectivity index (χ2n) is 8.07. The highest BCUT2D eigenvalue weighted by Crippen LogP contribution is 2.22. The molecule has 0 aliphatic heterocycles. The van der Waals surface area contributed by atoms with Gasteiger partial charge in [0.2, 0.25) is 0 Å². The number of carbonyl (C=O) groups is 3. The lowest BCUT2D eigenvalue weighted by molar-refractivity contribution is -0.142. The van der Waals surface area contributed by atoms with Crippen molar-refractivity contribution in [2.24, 2.45) is 0 Å². The number of carbonyl (C=O) groups excluding carboxylic acids is 3. The highest BCUT2D eigenvalue weighted by Gasteiger charge is 2.25. The van der Waals surface area contributed by atoms with E-state index in [4.69, 9.17) is 4.74 Å². The van der Waals surface area contributed by atoms with Crippen LogP contribution in [0.25, 0.3) is 6.08 Å². The monoisotopic (exact) mass is 448 g/mol. The van der Waals surface area contributed by atoms with Crippen LogP contribution in [-0.4, -0.2) is 35.0 Å². The van der Waals surface area contributed by atoms with Crippen LogP contribution in [0.2, 0.25) is 0 Å². The highest BCUT2D eigenvalue weighted by molar-refractivity contribution is 6.05. The predicted octanol–water partition coefficient (Wildman–Crippen LogP) is 3.50. The van der Waals surface area contributed by atoms with E-state index in [9.17, 15) is 19.6 Å². The molecule has 33 heavy (non-hydrogen) atoms. The molecule has 172 valence electrons. The quantitative estimate of drug-likeness (QED) is 0.346. The van der Waals surface area contributed by atoms with Crippen LogP contribution in [0.15, 0.2) is 35.9 Å². The van der Waals surface area contributed by atoms with Gasteiger partial charge in [-0.2, -0.15) is 5.26 Å². The Morgan fingerprint density at radius 2 is 1.97 bits per heavy atom. The first-order valence-electron chi connectivity index (χ1n) is 11.0. The first-order chi connectivity index (χ1) is 15.8. The summed E-state index contributed by atoms with van der Waals surface area (Å²) in [4.78, 5) is 37.1. The van der Waals surface area contributed by atoms with E-state index in [2.05, 4.69) is 22.1 Å². The SMILES string of the molecule is CCCn1c(C)cc(/C=C(\C#N)C(=O)OCC(=O)Nc2ccccc2C(=O)NC2CC2)c1C. The molecule has 1 aliphatic carbocycles. The first-order valence-corrected chi connectivity index (χ1v) is 11.0. The fraction of sp³-hybridized carbons (Fsp3) is 0.360. The third kappa shape index (κ3) is 6.10. The third-order valence-electron chi connectivity index (χ3n) is 5.39. The molecule has 8 nitrogen and oxygen atoms in total. The molecule has 8 heteroatoms. The van der Waals surface area contributed by atoms with Crippen molar-refractivity contribution in [2.75, 3.05) is 11.9 Å². The minimum absolute atomic E-state index is 0.185. The third-order valence-corrected chi connectivity index (χ3v) is 5.39. The Kier molecular flexibility index (Phi) is 7.67. The topological polar surface area (TPSA) is 113 Å². The Hall–Kier alpha value is -3.86. The van der Waals surface area contributed by atoms with E-state index in [1.165, 1.54) is 6.08 Å². The number of aryl methyl sites for hydroxylation is 1. The minimum Gasteiger partial charge on any atom is -0.451 e. The van der Waals surface area contributed by atoms with E-state index in [0.29, 0.717) is 11.3 Å². The number of rotatable bonds is 9. The number of esters is 1. The number of anilines is 1. The van der Waals surface area contributed by atoms with Gasteiger partial charge in [0.1, 0.15) is 11.6 Å². The largest absolute Gasteiger partial charge is 0.451 e. The number of hydrogen-bond acceptors (Lipinski definition) is 5. The number of para-hydroxylation sites is 1. The van der Waals surface area contributed by atoms with Crippen molar-refractivity contribution in [1.82, 2.24) is 9.88 Å². The van der Waals surface area contributed by atoms with E-state index in [1.807, 2.05) is 26.0 Å². The Morgan fingerprint density at radius 3 is 2.64 bits per heavy atom. The zero-order chi connectivity index (χ0) is 24.0. The number of hydrogen-bond donors (Lipinski definition) is 2. The predicted molar refractivity (Wildman–Crippen MR) is 124 cm³/mol. The summed E-state index contributed by atoms with van der Waals surface area (Å²) < 4.78 is 7.17. The van der Waals surface area contributed by atoms with Crippen molar-refractivity contribution in [1.29, 1.82) is 5.26 Å². The van der Waals surface area contributed by atoms with Gasteiger partial charge in [0.25, 0.3) is 11.8 Å². The van der Waals surface area contributed by atoms with E-state index in [0.717, 1.165) is 42.8 Å². The van der Waals surface area contributed by atoms with Crippen molar-refractivity contribution in [3.63, 3.8) is 0 Å². The van der Waals surface area contributed by atoms with Crippen molar-refractivity contribution in [2.45, 2.75) is 52.6 Å². The summed E-state index contributed by atoms with van der Waals surface area (Å²) in [6.45, 7) is 6.25. The Labute approximate surface area is 193 Å². The molecular weight excluding hydrogens is 420 g/mol. The number of ether oxygens (including phenoxy) is 1. The van der Waals surface area contributed by atoms with Gasteiger partial charge < -0.3 is 19.9 Å². The van der Waals surface area contributed by atoms with Crippen LogP contribution < -0.4 is 10.6 Å². The van der Waals surface area contributed by atoms with Crippen LogP contribution in [0.5, 0.6) is 0 Å². The average molecular weight is 449 g/mol. The molecule has 1 heterocycles. The second-order valence-corrected chi connectivity index (χ2v) is 8.07. The Balaban J connectivity index is 1.63. The van der Waals surface area contributed by atoms with Gasteiger partial charge in [-0.25, -0.2) is 4.79 Å². The van der Waals surface area contributed by atoms with Crippen LogP contribution in [0, 0.1) is 25.2 Å². The maximum Gasteiger partial charge on any atom is 0.349 e. The number of nitrogens with zero attached hydrogens (tertiary/aromatic N) is 2. The molecule has 0 atom stereocenters. The summed E-state index contributed by atoms with van der Waals surface area (Å²) in [5.41, 5.74) is 3.22. The number of nitrogens with one attached hydrogen (secondary N) is 2. The summed E-state index contributed by atoms with van der Waals surface area (Å²) in [5.74, 6) is -1.75. The standard InChI is InChI=1S/C25H28N4O4/c1-4-11-29-16(2)12-18(17(29)3)13-19(14-26)25(32)33-15-23(30)28-22-8-6-5-7-21(22)24(31)27-20-9-10-20/h5-8,12-13,20H,4,9-11,15H2,1-3H3,(H,27,31)(H,28,30)/b19-13+. The van der Waals surface area contributed by atoms with Gasteiger partial charge in [0.15, 0.2) is 6.61 Å². The molecule has 2 aromatic rings. The minimum atomic E-state index is -0.882. The highest BCUT2D eigenvalue weighted by atomic mass is 16.5. The molecule has 0 unspecified atom stereocenters. The molecule has 0 radical (unpaired) electrons. The second kappa shape index (κ2) is 10.6. The van der Waals surface area contributed by atoms with E-state index in [-0.39, 0.29) is 17.5 Å². The maximum atomic E-state index is 12.4. The van der Waals surface area contributed by atoms with Gasteiger partial charge in [0.05, 0.1) is 11.3 Å². The molecule has 1 aromatic heterocycles. The molecule has 1 aromatic carbocycles. The fourth-order valence-corrected chi connectivity index (χ4v) is 3.51. The van der Waals surface area contributed by atoms with Crippen LogP contribution in [-0.2, 0) is 20.9 Å². The Bertz CT molecular complexity index is 1140. The van der Waals surface area contributed by atoms with Crippen molar-refractivity contribution in [3.05, 3.63) is 58.4 Å². The van der Waals surface area contributed by atoms with Crippen LogP contribution in [0.1, 0.15) is 53.5 Å². The molecule has 1 aliphatic rings. The summed E-state index contributed by atoms with van der Waals surface area (Å²) in [6, 6.07) is 10.6. The Morgan fingerprint density at radius 1 is 1.24 bits per heavy atom. The average Bonchev–Trinajstić information content (AvgIpc) is 3.57. The normalized spacial score (nSPS) is 13.2. The first kappa shape index (κ1) is 23.8. The van der Waals surface area contributed by atoms with E-state index in [1.54, 1.807) is 24.3 Å². The summed E-state index contributed by atoms with van der Waals surface area (Å²) in [6.07, 6.45) is 4.35. The summed E-state index contributed by atoms with van der Waals surface area (Å²) in [5, 5.41) is 14.9. The lowest BCUT2D eigenvalue weighted by Gasteiger charge is -2.11. The molecule has 0 saturated heterocycles. The molecular formula is C25H28N4O4. The van der Waals surface area contributed by atoms with Gasteiger partial charge in [0, 0.05) is 24.0 Å². The molecule has 0 spiro atoms. The lowest BCUT2D eigenvalue weighted by Crippen LogP contribution is -2.28. The molecule has 0 bridgehead atoms. The molecule has 2 amide bonds. The van der Waals surface area contributed by atoms with Crippen molar-refractivity contribution in [3.8, 4) is 6.07 Å². The summed E-state index contributed by atoms with van der Waals surface area (Å²) in [7, 11) is 0. The molecule has 2 N–H and O–H groups in total. The lowest BCUT2D eigenvalue weighted by atomic mass is 10.1. The zero-order valence-corrected chi connectivity index (χ0v) is 19.1. The van der Waals surface area contributed by atoms with E-state index < -0.39 is 18.5 Å². The smallest absolute Gasteiger partial charge is 0.349 e. The number of benzene rings is 1. The van der Waals surface area contributed by atoms with Crippen LogP contribution >= 0.6 is 0 Å². The molecule has 1 saturated carbocycles. The maximum absolute atomic E-state index is 12.4. The van der Waals surface area contributed by atoms with Gasteiger partial charge >= 0.3 is 5.97 Å². The number of amides is 2. The zero-order valence-electron chi connectivity index (χ0n) is 19.1. The van der Waals surface area contributed by atoms with Crippen molar-refractivity contribution < 1.29 is 19.1 Å². The fourth-order valence-electron chi connectivity index (χ4n) is 3.51. The van der Waals surface area contributed by atoms with Gasteiger partial charge in [-0.05, 0) is 62.9 Å². The van der Waals surface area contributed by atoms with Crippen LogP contribution in [0.4, 0.5) is 5.69 Å². The molecule has 1 fully saturated rings. The van der Waals surface area contributed by atoms with E-state index >= 15 is 0 Å². The number of nitriles is 1.